The van der Waals surface area contributed by atoms with Crippen molar-refractivity contribution in [2.45, 2.75) is 20.8 Å². The first-order valence-corrected chi connectivity index (χ1v) is 7.85. The Hall–Kier alpha value is -2.74. The number of aromatic nitrogens is 2. The Balaban J connectivity index is 2.07. The zero-order valence-corrected chi connectivity index (χ0v) is 13.6. The normalized spacial score (nSPS) is 11.3. The van der Waals surface area contributed by atoms with Crippen LogP contribution in [0.2, 0.25) is 0 Å². The van der Waals surface area contributed by atoms with Gasteiger partial charge in [0.15, 0.2) is 0 Å². The van der Waals surface area contributed by atoms with E-state index in [-0.39, 0.29) is 0 Å². The molecule has 0 atom stereocenters. The lowest BCUT2D eigenvalue weighted by molar-refractivity contribution is 1.25. The van der Waals surface area contributed by atoms with Crippen LogP contribution in [0.5, 0.6) is 0 Å². The maximum absolute atomic E-state index is 4.68. The maximum Gasteiger partial charge on any atom is 0.0780 e. The second kappa shape index (κ2) is 5.17. The average Bonchev–Trinajstić information content (AvgIpc) is 2.58. The fourth-order valence-corrected chi connectivity index (χ4v) is 3.24. The lowest BCUT2D eigenvalue weighted by atomic mass is 9.95. The van der Waals surface area contributed by atoms with Crippen molar-refractivity contribution in [1.82, 2.24) is 9.97 Å². The number of benzene rings is 2. The molecule has 0 fully saturated rings. The van der Waals surface area contributed by atoms with E-state index in [4.69, 9.17) is 0 Å². The topological polar surface area (TPSA) is 25.8 Å². The summed E-state index contributed by atoms with van der Waals surface area (Å²) in [5, 5.41) is 4.80. The Kier molecular flexibility index (Phi) is 3.12. The van der Waals surface area contributed by atoms with Crippen molar-refractivity contribution in [3.05, 3.63) is 71.7 Å². The van der Waals surface area contributed by atoms with Gasteiger partial charge in [-0.1, -0.05) is 12.1 Å². The van der Waals surface area contributed by atoms with Gasteiger partial charge in [-0.15, -0.1) is 0 Å². The maximum atomic E-state index is 4.68. The van der Waals surface area contributed by atoms with E-state index >= 15 is 0 Å². The van der Waals surface area contributed by atoms with Crippen LogP contribution in [0.1, 0.15) is 16.7 Å². The molecule has 0 bridgehead atoms. The molecule has 2 heterocycles. The van der Waals surface area contributed by atoms with Crippen LogP contribution in [0.15, 0.2) is 55.0 Å². The fourth-order valence-electron chi connectivity index (χ4n) is 3.24. The van der Waals surface area contributed by atoms with E-state index < -0.39 is 0 Å². The molecule has 0 unspecified atom stereocenters. The lowest BCUT2D eigenvalue weighted by Crippen LogP contribution is -1.92. The minimum atomic E-state index is 1.05. The van der Waals surface area contributed by atoms with Gasteiger partial charge < -0.3 is 0 Å². The van der Waals surface area contributed by atoms with Crippen molar-refractivity contribution in [1.29, 1.82) is 0 Å². The summed E-state index contributed by atoms with van der Waals surface area (Å²) in [6, 6.07) is 12.9. The smallest absolute Gasteiger partial charge is 0.0780 e. The molecule has 2 nitrogen and oxygen atoms in total. The number of hydrogen-bond acceptors (Lipinski definition) is 2. The summed E-state index contributed by atoms with van der Waals surface area (Å²) in [6.07, 6.45) is 5.67. The second-order valence-electron chi connectivity index (χ2n) is 6.15. The van der Waals surface area contributed by atoms with Crippen molar-refractivity contribution >= 4 is 21.5 Å². The highest BCUT2D eigenvalue weighted by molar-refractivity contribution is 6.10. The standard InChI is InChI=1S/C21H18N2/c1-13-10-17(11-14(2)15(13)3)21-20-5-4-16-12-22-8-6-18(16)19(20)7-9-23-21/h4-12H,1-3H3. The molecule has 2 aromatic heterocycles. The molecular weight excluding hydrogens is 280 g/mol. The van der Waals surface area contributed by atoms with Gasteiger partial charge in [-0.2, -0.15) is 0 Å². The average molecular weight is 298 g/mol. The van der Waals surface area contributed by atoms with Gasteiger partial charge in [-0.05, 0) is 72.5 Å². The molecule has 112 valence electrons. The van der Waals surface area contributed by atoms with Crippen LogP contribution < -0.4 is 0 Å². The zero-order chi connectivity index (χ0) is 16.0. The van der Waals surface area contributed by atoms with Crippen LogP contribution in [-0.4, -0.2) is 9.97 Å². The molecule has 0 radical (unpaired) electrons. The SMILES string of the molecule is Cc1cc(-c2nccc3c2ccc2cnccc23)cc(C)c1C. The molecule has 0 amide bonds. The summed E-state index contributed by atoms with van der Waals surface area (Å²) in [5.41, 5.74) is 6.20. The van der Waals surface area contributed by atoms with E-state index in [1.807, 2.05) is 18.6 Å². The van der Waals surface area contributed by atoms with E-state index in [1.165, 1.54) is 38.4 Å². The van der Waals surface area contributed by atoms with Gasteiger partial charge in [0.05, 0.1) is 5.69 Å². The highest BCUT2D eigenvalue weighted by atomic mass is 14.7. The molecule has 4 aromatic rings. The lowest BCUT2D eigenvalue weighted by Gasteiger charge is -2.12. The number of hydrogen-bond donors (Lipinski definition) is 0. The summed E-state index contributed by atoms with van der Waals surface area (Å²) in [6.45, 7) is 6.50. The summed E-state index contributed by atoms with van der Waals surface area (Å²) in [5.74, 6) is 0. The van der Waals surface area contributed by atoms with Crippen molar-refractivity contribution in [2.75, 3.05) is 0 Å². The molecule has 0 saturated heterocycles. The van der Waals surface area contributed by atoms with E-state index in [0.717, 1.165) is 11.1 Å². The summed E-state index contributed by atoms with van der Waals surface area (Å²) >= 11 is 0. The van der Waals surface area contributed by atoms with E-state index in [9.17, 15) is 0 Å². The molecule has 0 aliphatic heterocycles. The van der Waals surface area contributed by atoms with Gasteiger partial charge in [0.25, 0.3) is 0 Å². The van der Waals surface area contributed by atoms with E-state index in [2.05, 4.69) is 67.1 Å². The third-order valence-electron chi connectivity index (χ3n) is 4.76. The summed E-state index contributed by atoms with van der Waals surface area (Å²) in [7, 11) is 0. The Bertz CT molecular complexity index is 1030. The predicted molar refractivity (Wildman–Crippen MR) is 96.7 cm³/mol. The van der Waals surface area contributed by atoms with Gasteiger partial charge in [0.1, 0.15) is 0 Å². The van der Waals surface area contributed by atoms with Crippen LogP contribution in [0.4, 0.5) is 0 Å². The van der Waals surface area contributed by atoms with Gasteiger partial charge in [0.2, 0.25) is 0 Å². The Labute approximate surface area is 135 Å². The van der Waals surface area contributed by atoms with Gasteiger partial charge in [-0.3, -0.25) is 9.97 Å². The Morgan fingerprint density at radius 3 is 2.26 bits per heavy atom. The number of fused-ring (bicyclic) bond motifs is 3. The molecule has 0 spiro atoms. The molecule has 0 aliphatic rings. The number of nitrogens with zero attached hydrogens (tertiary/aromatic N) is 2. The van der Waals surface area contributed by atoms with Crippen molar-refractivity contribution in [3.8, 4) is 11.3 Å². The predicted octanol–water partition coefficient (Wildman–Crippen LogP) is 5.38. The van der Waals surface area contributed by atoms with Crippen LogP contribution in [0.25, 0.3) is 32.8 Å². The van der Waals surface area contributed by atoms with Crippen LogP contribution in [0.3, 0.4) is 0 Å². The highest BCUT2D eigenvalue weighted by Gasteiger charge is 2.10. The van der Waals surface area contributed by atoms with Crippen LogP contribution in [-0.2, 0) is 0 Å². The molecule has 0 saturated carbocycles. The second-order valence-corrected chi connectivity index (χ2v) is 6.15. The third-order valence-corrected chi connectivity index (χ3v) is 4.76. The van der Waals surface area contributed by atoms with Crippen molar-refractivity contribution in [2.24, 2.45) is 0 Å². The van der Waals surface area contributed by atoms with Gasteiger partial charge in [0, 0.05) is 34.9 Å². The first-order valence-electron chi connectivity index (χ1n) is 7.85. The fraction of sp³-hybridized carbons (Fsp3) is 0.143. The molecule has 2 heteroatoms. The number of pyridine rings is 2. The molecule has 0 N–H and O–H groups in total. The molecule has 0 aliphatic carbocycles. The van der Waals surface area contributed by atoms with Gasteiger partial charge in [-0.25, -0.2) is 0 Å². The van der Waals surface area contributed by atoms with Crippen LogP contribution >= 0.6 is 0 Å². The first kappa shape index (κ1) is 13.9. The minimum Gasteiger partial charge on any atom is -0.264 e. The summed E-state index contributed by atoms with van der Waals surface area (Å²) in [4.78, 5) is 8.90. The van der Waals surface area contributed by atoms with Crippen LogP contribution in [0, 0.1) is 20.8 Å². The largest absolute Gasteiger partial charge is 0.264 e. The first-order chi connectivity index (χ1) is 11.1. The molecule has 4 rings (SSSR count). The quantitative estimate of drug-likeness (QED) is 0.441. The minimum absolute atomic E-state index is 1.05. The van der Waals surface area contributed by atoms with E-state index in [1.54, 1.807) is 0 Å². The Morgan fingerprint density at radius 2 is 1.48 bits per heavy atom. The molecule has 2 aromatic carbocycles. The highest BCUT2D eigenvalue weighted by Crippen LogP contribution is 2.32. The summed E-state index contributed by atoms with van der Waals surface area (Å²) < 4.78 is 0. The van der Waals surface area contributed by atoms with Crippen molar-refractivity contribution < 1.29 is 0 Å². The zero-order valence-electron chi connectivity index (χ0n) is 13.6. The third kappa shape index (κ3) is 2.18. The van der Waals surface area contributed by atoms with E-state index in [0.29, 0.717) is 0 Å². The number of rotatable bonds is 1. The van der Waals surface area contributed by atoms with Crippen molar-refractivity contribution in [3.63, 3.8) is 0 Å². The van der Waals surface area contributed by atoms with Gasteiger partial charge >= 0.3 is 0 Å². The molecular formula is C21H18N2. The molecule has 23 heavy (non-hydrogen) atoms. The number of aryl methyl sites for hydroxylation is 2. The monoisotopic (exact) mass is 298 g/mol. The Morgan fingerprint density at radius 1 is 0.739 bits per heavy atom.